The van der Waals surface area contributed by atoms with Crippen molar-refractivity contribution in [3.05, 3.63) is 24.6 Å². The Hall–Kier alpha value is -0.873. The van der Waals surface area contributed by atoms with Gasteiger partial charge in [-0.2, -0.15) is 0 Å². The minimum Gasteiger partial charge on any atom is -0.481 e. The van der Waals surface area contributed by atoms with E-state index in [1.807, 2.05) is 17.9 Å². The molecule has 2 N–H and O–H groups in total. The maximum atomic E-state index is 9.00. The first kappa shape index (κ1) is 13.7. The molecule has 0 aromatic carbocycles. The van der Waals surface area contributed by atoms with E-state index in [0.717, 1.165) is 6.92 Å². The zero-order chi connectivity index (χ0) is 10.2. The second kappa shape index (κ2) is 6.81. The summed E-state index contributed by atoms with van der Waals surface area (Å²) in [6.07, 6.45) is 0.222. The largest absolute Gasteiger partial charge is 0.481 e. The average molecular weight is 188 g/mol. The molecule has 0 unspecified atom stereocenters. The lowest BCUT2D eigenvalue weighted by atomic mass is 10.9. The SMILES string of the molecule is C=C[Si](C)(C=C)CO.CC(=O)O. The Labute approximate surface area is 74.1 Å². The monoisotopic (exact) mass is 188 g/mol. The third-order valence-corrected chi connectivity index (χ3v) is 3.82. The van der Waals surface area contributed by atoms with E-state index in [-0.39, 0.29) is 6.23 Å². The zero-order valence-electron chi connectivity index (χ0n) is 7.58. The molecule has 0 rings (SSSR count). The van der Waals surface area contributed by atoms with Crippen molar-refractivity contribution < 1.29 is 15.0 Å². The van der Waals surface area contributed by atoms with Gasteiger partial charge >= 0.3 is 0 Å². The molecule has 0 saturated heterocycles. The molecule has 0 aromatic heterocycles. The summed E-state index contributed by atoms with van der Waals surface area (Å²) in [5.74, 6) is -0.833. The summed E-state index contributed by atoms with van der Waals surface area (Å²) in [5.41, 5.74) is 3.64. The quantitative estimate of drug-likeness (QED) is 0.653. The van der Waals surface area contributed by atoms with Gasteiger partial charge in [-0.1, -0.05) is 17.9 Å². The van der Waals surface area contributed by atoms with Crippen molar-refractivity contribution in [3.8, 4) is 0 Å². The lowest BCUT2D eigenvalue weighted by molar-refractivity contribution is -0.134. The normalized spacial score (nSPS) is 9.25. The first-order valence-corrected chi connectivity index (χ1v) is 6.35. The Morgan fingerprint density at radius 2 is 1.75 bits per heavy atom. The first-order valence-electron chi connectivity index (χ1n) is 3.49. The van der Waals surface area contributed by atoms with Crippen LogP contribution in [0.3, 0.4) is 0 Å². The van der Waals surface area contributed by atoms with Gasteiger partial charge in [0.2, 0.25) is 0 Å². The second-order valence-electron chi connectivity index (χ2n) is 2.59. The molecule has 70 valence electrons. The third-order valence-electron chi connectivity index (χ3n) is 1.27. The second-order valence-corrected chi connectivity index (χ2v) is 6.74. The van der Waals surface area contributed by atoms with Gasteiger partial charge in [-0.25, -0.2) is 0 Å². The third kappa shape index (κ3) is 9.13. The lowest BCUT2D eigenvalue weighted by Gasteiger charge is -2.12. The molecular formula is C8H16O3Si. The average Bonchev–Trinajstić information content (AvgIpc) is 2.02. The van der Waals surface area contributed by atoms with Crippen molar-refractivity contribution >= 4 is 14.0 Å². The molecule has 0 aliphatic heterocycles. The highest BCUT2D eigenvalue weighted by Gasteiger charge is 2.15. The molecule has 0 bridgehead atoms. The van der Waals surface area contributed by atoms with E-state index in [1.165, 1.54) is 0 Å². The Kier molecular flexibility index (Phi) is 7.78. The van der Waals surface area contributed by atoms with Crippen molar-refractivity contribution in [2.45, 2.75) is 13.5 Å². The van der Waals surface area contributed by atoms with E-state index >= 15 is 0 Å². The number of hydrogen-bond acceptors (Lipinski definition) is 2. The van der Waals surface area contributed by atoms with E-state index in [9.17, 15) is 0 Å². The van der Waals surface area contributed by atoms with Crippen LogP contribution in [0.4, 0.5) is 0 Å². The topological polar surface area (TPSA) is 57.5 Å². The molecule has 12 heavy (non-hydrogen) atoms. The van der Waals surface area contributed by atoms with Crippen molar-refractivity contribution in [1.82, 2.24) is 0 Å². The fraction of sp³-hybridized carbons (Fsp3) is 0.375. The number of carbonyl (C=O) groups is 1. The van der Waals surface area contributed by atoms with E-state index < -0.39 is 14.0 Å². The summed E-state index contributed by atoms with van der Waals surface area (Å²) in [7, 11) is -1.59. The van der Waals surface area contributed by atoms with Crippen LogP contribution >= 0.6 is 0 Å². The van der Waals surface area contributed by atoms with E-state index in [2.05, 4.69) is 13.2 Å². The maximum absolute atomic E-state index is 9.00. The molecule has 0 aromatic rings. The van der Waals surface area contributed by atoms with Gasteiger partial charge in [0.05, 0.1) is 0 Å². The maximum Gasteiger partial charge on any atom is 0.300 e. The Bertz CT molecular complexity index is 154. The van der Waals surface area contributed by atoms with Crippen LogP contribution < -0.4 is 0 Å². The lowest BCUT2D eigenvalue weighted by Crippen LogP contribution is -2.29. The molecule has 0 radical (unpaired) electrons. The van der Waals surface area contributed by atoms with Gasteiger partial charge in [0.25, 0.3) is 5.97 Å². The van der Waals surface area contributed by atoms with Crippen LogP contribution in [0.5, 0.6) is 0 Å². The van der Waals surface area contributed by atoms with E-state index in [1.54, 1.807) is 0 Å². The van der Waals surface area contributed by atoms with Crippen molar-refractivity contribution in [3.63, 3.8) is 0 Å². The Morgan fingerprint density at radius 1 is 1.50 bits per heavy atom. The predicted octanol–water partition coefficient (Wildman–Crippen LogP) is 1.14. The summed E-state index contributed by atoms with van der Waals surface area (Å²) < 4.78 is 0. The molecule has 0 heterocycles. The Balaban J connectivity index is 0. The van der Waals surface area contributed by atoms with Gasteiger partial charge in [-0.05, 0) is 0 Å². The molecule has 0 aliphatic carbocycles. The van der Waals surface area contributed by atoms with E-state index in [4.69, 9.17) is 15.0 Å². The number of carboxylic acids is 1. The number of hydrogen-bond donors (Lipinski definition) is 2. The minimum atomic E-state index is -1.59. The smallest absolute Gasteiger partial charge is 0.300 e. The highest BCUT2D eigenvalue weighted by atomic mass is 28.3. The predicted molar refractivity (Wildman–Crippen MR) is 52.4 cm³/mol. The number of rotatable bonds is 3. The minimum absolute atomic E-state index is 0.222. The molecule has 0 atom stereocenters. The first-order chi connectivity index (χ1) is 5.41. The van der Waals surface area contributed by atoms with E-state index in [0.29, 0.717) is 0 Å². The molecule has 0 fully saturated rings. The van der Waals surface area contributed by atoms with Gasteiger partial charge in [0.1, 0.15) is 8.07 Å². The van der Waals surface area contributed by atoms with Gasteiger partial charge in [-0.3, -0.25) is 4.79 Å². The molecule has 0 spiro atoms. The van der Waals surface area contributed by atoms with Gasteiger partial charge < -0.3 is 10.2 Å². The van der Waals surface area contributed by atoms with Crippen molar-refractivity contribution in [1.29, 1.82) is 0 Å². The van der Waals surface area contributed by atoms with Crippen molar-refractivity contribution in [2.75, 3.05) is 6.23 Å². The van der Waals surface area contributed by atoms with Gasteiger partial charge in [0.15, 0.2) is 0 Å². The summed E-state index contributed by atoms with van der Waals surface area (Å²) in [5, 5.41) is 16.1. The van der Waals surface area contributed by atoms with Crippen LogP contribution in [0.2, 0.25) is 6.55 Å². The molecule has 3 nitrogen and oxygen atoms in total. The fourth-order valence-electron chi connectivity index (χ4n) is 0.212. The molecule has 0 aliphatic rings. The summed E-state index contributed by atoms with van der Waals surface area (Å²) in [6.45, 7) is 10.3. The number of aliphatic hydroxyl groups is 1. The molecule has 0 amide bonds. The fourth-order valence-corrected chi connectivity index (χ4v) is 0.637. The van der Waals surface area contributed by atoms with Crippen LogP contribution in [-0.2, 0) is 4.79 Å². The number of carboxylic acid groups (broad SMARTS) is 1. The highest BCUT2D eigenvalue weighted by Crippen LogP contribution is 2.01. The summed E-state index contributed by atoms with van der Waals surface area (Å²) in [4.78, 5) is 9.00. The zero-order valence-corrected chi connectivity index (χ0v) is 8.58. The van der Waals surface area contributed by atoms with Crippen LogP contribution in [0.25, 0.3) is 0 Å². The van der Waals surface area contributed by atoms with Crippen LogP contribution in [-0.4, -0.2) is 30.5 Å². The molecular weight excluding hydrogens is 172 g/mol. The van der Waals surface area contributed by atoms with Crippen LogP contribution in [0.15, 0.2) is 24.6 Å². The van der Waals surface area contributed by atoms with Crippen LogP contribution in [0.1, 0.15) is 6.92 Å². The number of aliphatic carboxylic acids is 1. The highest BCUT2D eigenvalue weighted by molar-refractivity contribution is 6.87. The van der Waals surface area contributed by atoms with Crippen molar-refractivity contribution in [2.24, 2.45) is 0 Å². The summed E-state index contributed by atoms with van der Waals surface area (Å²) in [6, 6.07) is 0. The molecule has 4 heteroatoms. The number of aliphatic hydroxyl groups excluding tert-OH is 1. The molecule has 0 saturated carbocycles. The standard InChI is InChI=1S/C6H12OSi.C2H4O2/c1-4-8(3,5-2)6-7;1-2(3)4/h4-5,7H,1-2,6H2,3H3;1H3,(H,3,4). The van der Waals surface area contributed by atoms with Crippen LogP contribution in [0, 0.1) is 0 Å². The van der Waals surface area contributed by atoms with Gasteiger partial charge in [0, 0.05) is 13.2 Å². The Morgan fingerprint density at radius 3 is 1.75 bits per heavy atom. The van der Waals surface area contributed by atoms with Gasteiger partial charge in [-0.15, -0.1) is 13.2 Å². The summed E-state index contributed by atoms with van der Waals surface area (Å²) >= 11 is 0.